The van der Waals surface area contributed by atoms with Crippen LogP contribution in [0.1, 0.15) is 5.56 Å². The van der Waals surface area contributed by atoms with Crippen molar-refractivity contribution in [3.63, 3.8) is 0 Å². The average Bonchev–Trinajstić information content (AvgIpc) is 3.29. The summed E-state index contributed by atoms with van der Waals surface area (Å²) in [6.45, 7) is 0.302. The molecule has 0 saturated carbocycles. The number of thioether (sulfide) groups is 1. The highest BCUT2D eigenvalue weighted by Gasteiger charge is 2.49. The maximum atomic E-state index is 12.5. The summed E-state index contributed by atoms with van der Waals surface area (Å²) in [6.07, 6.45) is 1.26. The number of fused-ring (bicyclic) bond motifs is 1. The minimum Gasteiger partial charge on any atom is -0.378 e. The Kier molecular flexibility index (Phi) is 6.95. The molecule has 4 rings (SSSR count). The van der Waals surface area contributed by atoms with E-state index in [1.54, 1.807) is 0 Å². The monoisotopic (exact) mass is 495 g/mol. The van der Waals surface area contributed by atoms with Crippen molar-refractivity contribution in [1.29, 1.82) is 5.26 Å². The Morgan fingerprint density at radius 3 is 2.56 bits per heavy atom. The molecule has 2 aromatic carbocycles. The summed E-state index contributed by atoms with van der Waals surface area (Å²) >= 11 is 1.37. The number of hydrogen-bond donors (Lipinski definition) is 1. The van der Waals surface area contributed by atoms with Crippen LogP contribution < -0.4 is 15.1 Å². The van der Waals surface area contributed by atoms with Crippen molar-refractivity contribution in [1.82, 2.24) is 5.32 Å². The highest BCUT2D eigenvalue weighted by molar-refractivity contribution is 8.16. The molecule has 0 bridgehead atoms. The van der Waals surface area contributed by atoms with Gasteiger partial charge in [-0.2, -0.15) is 5.26 Å². The van der Waals surface area contributed by atoms with Gasteiger partial charge in [0.25, 0.3) is 5.91 Å². The van der Waals surface area contributed by atoms with Crippen molar-refractivity contribution >= 4 is 44.0 Å². The summed E-state index contributed by atoms with van der Waals surface area (Å²) in [4.78, 5) is 20.9. The predicted molar refractivity (Wildman–Crippen MR) is 136 cm³/mol. The van der Waals surface area contributed by atoms with Crippen LogP contribution in [0.2, 0.25) is 0 Å². The van der Waals surface area contributed by atoms with Crippen LogP contribution in [0.15, 0.2) is 71.4 Å². The lowest BCUT2D eigenvalue weighted by Crippen LogP contribution is -2.37. The van der Waals surface area contributed by atoms with E-state index in [9.17, 15) is 18.5 Å². The van der Waals surface area contributed by atoms with E-state index in [-0.39, 0.29) is 28.4 Å². The second-order valence-corrected chi connectivity index (χ2v) is 11.7. The second kappa shape index (κ2) is 9.91. The lowest BCUT2D eigenvalue weighted by Gasteiger charge is -2.25. The van der Waals surface area contributed by atoms with Gasteiger partial charge in [0.1, 0.15) is 11.6 Å². The Morgan fingerprint density at radius 2 is 1.91 bits per heavy atom. The molecule has 2 aliphatic heterocycles. The van der Waals surface area contributed by atoms with Gasteiger partial charge in [0.15, 0.2) is 15.0 Å². The van der Waals surface area contributed by atoms with E-state index in [0.717, 1.165) is 16.9 Å². The van der Waals surface area contributed by atoms with Gasteiger partial charge >= 0.3 is 0 Å². The van der Waals surface area contributed by atoms with E-state index < -0.39 is 15.7 Å². The first-order chi connectivity index (χ1) is 16.3. The van der Waals surface area contributed by atoms with E-state index in [2.05, 4.69) is 10.3 Å². The zero-order valence-corrected chi connectivity index (χ0v) is 20.5. The van der Waals surface area contributed by atoms with E-state index in [1.165, 1.54) is 18.0 Å². The number of aliphatic imine (C=N–C) groups is 1. The van der Waals surface area contributed by atoms with E-state index >= 15 is 0 Å². The maximum Gasteiger partial charge on any atom is 0.263 e. The number of sulfone groups is 1. The first kappa shape index (κ1) is 23.9. The topological polar surface area (TPSA) is 106 Å². The van der Waals surface area contributed by atoms with Crippen LogP contribution in [-0.2, 0) is 21.2 Å². The number of nitrogens with one attached hydrogen (secondary N) is 1. The van der Waals surface area contributed by atoms with Crippen molar-refractivity contribution in [2.24, 2.45) is 4.99 Å². The fourth-order valence-corrected chi connectivity index (χ4v) is 7.81. The molecule has 0 aromatic heterocycles. The summed E-state index contributed by atoms with van der Waals surface area (Å²) in [5, 5.41) is 12.7. The number of rotatable bonds is 6. The fourth-order valence-electron chi connectivity index (χ4n) is 3.92. The molecule has 1 amide bonds. The quantitative estimate of drug-likeness (QED) is 0.485. The van der Waals surface area contributed by atoms with Crippen LogP contribution in [0, 0.1) is 11.3 Å². The second-order valence-electron chi connectivity index (χ2n) is 8.32. The van der Waals surface area contributed by atoms with Crippen molar-refractivity contribution < 1.29 is 13.2 Å². The molecule has 2 fully saturated rings. The minimum atomic E-state index is -3.13. The predicted octanol–water partition coefficient (Wildman–Crippen LogP) is 2.55. The summed E-state index contributed by atoms with van der Waals surface area (Å²) < 4.78 is 24.5. The molecule has 1 N–H and O–H groups in total. The normalized spacial score (nSPS) is 22.3. The fraction of sp³-hybridized carbons (Fsp3) is 0.292. The van der Waals surface area contributed by atoms with Gasteiger partial charge in [-0.15, -0.1) is 0 Å². The zero-order chi connectivity index (χ0) is 24.3. The van der Waals surface area contributed by atoms with Gasteiger partial charge in [-0.3, -0.25) is 4.79 Å². The lowest BCUT2D eigenvalue weighted by atomic mass is 10.2. The summed E-state index contributed by atoms with van der Waals surface area (Å²) in [5.41, 5.74) is 2.65. The molecule has 10 heteroatoms. The number of hydrogen-bond acceptors (Lipinski definition) is 7. The largest absolute Gasteiger partial charge is 0.378 e. The number of nitriles is 1. The minimum absolute atomic E-state index is 0.0471. The van der Waals surface area contributed by atoms with Gasteiger partial charge in [0.2, 0.25) is 0 Å². The number of carbonyl (C=O) groups is 1. The molecule has 0 radical (unpaired) electrons. The van der Waals surface area contributed by atoms with E-state index in [0.29, 0.717) is 11.7 Å². The molecular weight excluding hydrogens is 470 g/mol. The Morgan fingerprint density at radius 1 is 1.21 bits per heavy atom. The Balaban J connectivity index is 1.58. The molecule has 2 aromatic rings. The molecule has 0 aliphatic carbocycles. The summed E-state index contributed by atoms with van der Waals surface area (Å²) in [7, 11) is 0.765. The Bertz CT molecular complexity index is 1270. The van der Waals surface area contributed by atoms with Gasteiger partial charge in [-0.25, -0.2) is 13.4 Å². The molecule has 0 spiro atoms. The third-order valence-electron chi connectivity index (χ3n) is 5.68. The molecule has 2 aliphatic rings. The highest BCUT2D eigenvalue weighted by atomic mass is 32.2. The van der Waals surface area contributed by atoms with Gasteiger partial charge in [-0.05, 0) is 29.8 Å². The molecule has 2 heterocycles. The number of benzene rings is 2. The van der Waals surface area contributed by atoms with Crippen molar-refractivity contribution in [2.45, 2.75) is 17.8 Å². The number of nitrogens with zero attached hydrogens (tertiary/aromatic N) is 4. The van der Waals surface area contributed by atoms with Crippen LogP contribution in [0.5, 0.6) is 0 Å². The van der Waals surface area contributed by atoms with Gasteiger partial charge in [0, 0.05) is 37.3 Å². The van der Waals surface area contributed by atoms with Crippen LogP contribution >= 0.6 is 11.8 Å². The van der Waals surface area contributed by atoms with Crippen molar-refractivity contribution in [3.8, 4) is 6.07 Å². The Labute approximate surface area is 203 Å². The molecule has 2 saturated heterocycles. The third kappa shape index (κ3) is 5.26. The molecule has 8 nitrogen and oxygen atoms in total. The number of anilines is 2. The number of amidine groups is 1. The third-order valence-corrected chi connectivity index (χ3v) is 8.90. The molecule has 176 valence electrons. The maximum absolute atomic E-state index is 12.5. The van der Waals surface area contributed by atoms with Gasteiger partial charge in [0.05, 0.1) is 23.7 Å². The van der Waals surface area contributed by atoms with Crippen LogP contribution in [0.3, 0.4) is 0 Å². The number of carbonyl (C=O) groups excluding carboxylic acids is 1. The summed E-state index contributed by atoms with van der Waals surface area (Å²) in [6, 6.07) is 18.9. The first-order valence-electron chi connectivity index (χ1n) is 10.7. The highest BCUT2D eigenvalue weighted by Crippen LogP contribution is 2.41. The van der Waals surface area contributed by atoms with Crippen molar-refractivity contribution in [2.75, 3.05) is 35.4 Å². The molecule has 0 unspecified atom stereocenters. The zero-order valence-electron chi connectivity index (χ0n) is 18.9. The lowest BCUT2D eigenvalue weighted by molar-refractivity contribution is -0.117. The number of amides is 1. The van der Waals surface area contributed by atoms with Gasteiger partial charge < -0.3 is 15.1 Å². The van der Waals surface area contributed by atoms with Crippen LogP contribution in [0.25, 0.3) is 0 Å². The standard InChI is InChI=1S/C24H25N5O3S2/c1-28(2)19-8-10-20(11-9-19)29-21-15-34(31,32)16-22(21)33-24(29)27-14-18(12-25)23(30)26-13-17-6-4-3-5-7-17/h3-11,14,21-22H,13,15-16H2,1-2H3,(H,26,30)/b18-14+,27-24?/t21-,22+/m1/s1. The van der Waals surface area contributed by atoms with Crippen LogP contribution in [-0.4, -0.2) is 56.4 Å². The smallest absolute Gasteiger partial charge is 0.263 e. The summed E-state index contributed by atoms with van der Waals surface area (Å²) in [5.74, 6) is -0.380. The molecular formula is C24H25N5O3S2. The Hall–Kier alpha value is -3.29. The van der Waals surface area contributed by atoms with Crippen LogP contribution in [0.4, 0.5) is 11.4 Å². The first-order valence-corrected chi connectivity index (χ1v) is 13.4. The molecule has 34 heavy (non-hydrogen) atoms. The van der Waals surface area contributed by atoms with E-state index in [4.69, 9.17) is 0 Å². The average molecular weight is 496 g/mol. The SMILES string of the molecule is CN(C)c1ccc(N2C(=N/C=C(\C#N)C(=O)NCc3ccccc3)S[C@H]3CS(=O)(=O)C[C@H]32)cc1. The molecule has 2 atom stereocenters. The van der Waals surface area contributed by atoms with Crippen molar-refractivity contribution in [3.05, 3.63) is 71.9 Å². The van der Waals surface area contributed by atoms with E-state index in [1.807, 2.05) is 84.6 Å². The van der Waals surface area contributed by atoms with Gasteiger partial charge in [-0.1, -0.05) is 42.1 Å².